The highest BCUT2D eigenvalue weighted by atomic mass is 32.2. The Bertz CT molecular complexity index is 355. The summed E-state index contributed by atoms with van der Waals surface area (Å²) in [5, 5.41) is 3.31. The lowest BCUT2D eigenvalue weighted by atomic mass is 10.2. The Balaban J connectivity index is 2.29. The van der Waals surface area contributed by atoms with Crippen LogP contribution in [0.1, 0.15) is 33.1 Å². The molecule has 0 aliphatic carbocycles. The maximum absolute atomic E-state index is 12.2. The van der Waals surface area contributed by atoms with Crippen LogP contribution < -0.4 is 5.32 Å². The standard InChI is InChI=1S/C13H29N3O2S/c1-12(2)14-8-5-6-10-19(17,18)16-9-7-13(11-16)15(3)4/h12-14H,5-11H2,1-4H3. The maximum Gasteiger partial charge on any atom is 0.214 e. The van der Waals surface area contributed by atoms with Gasteiger partial charge in [-0.15, -0.1) is 0 Å². The summed E-state index contributed by atoms with van der Waals surface area (Å²) >= 11 is 0. The molecule has 114 valence electrons. The van der Waals surface area contributed by atoms with E-state index in [0.717, 1.165) is 25.8 Å². The van der Waals surface area contributed by atoms with E-state index >= 15 is 0 Å². The zero-order valence-electron chi connectivity index (χ0n) is 12.7. The first-order valence-corrected chi connectivity index (χ1v) is 8.81. The van der Waals surface area contributed by atoms with Gasteiger partial charge in [-0.1, -0.05) is 13.8 Å². The quantitative estimate of drug-likeness (QED) is 0.670. The lowest BCUT2D eigenvalue weighted by Crippen LogP contribution is -2.35. The average Bonchev–Trinajstić information content (AvgIpc) is 2.77. The van der Waals surface area contributed by atoms with Crippen LogP contribution >= 0.6 is 0 Å². The number of likely N-dealkylation sites (N-methyl/N-ethyl adjacent to an activating group) is 1. The maximum atomic E-state index is 12.2. The molecule has 1 fully saturated rings. The van der Waals surface area contributed by atoms with Gasteiger partial charge in [0.2, 0.25) is 10.0 Å². The fourth-order valence-corrected chi connectivity index (χ4v) is 3.92. The van der Waals surface area contributed by atoms with Crippen LogP contribution in [-0.2, 0) is 10.0 Å². The molecule has 0 bridgehead atoms. The molecule has 1 rings (SSSR count). The lowest BCUT2D eigenvalue weighted by Gasteiger charge is -2.20. The third kappa shape index (κ3) is 5.77. The summed E-state index contributed by atoms with van der Waals surface area (Å²) in [5.41, 5.74) is 0. The van der Waals surface area contributed by atoms with E-state index in [1.54, 1.807) is 4.31 Å². The second-order valence-electron chi connectivity index (χ2n) is 5.90. The first-order chi connectivity index (χ1) is 8.83. The molecule has 0 aromatic heterocycles. The summed E-state index contributed by atoms with van der Waals surface area (Å²) in [5.74, 6) is 0.285. The average molecular weight is 291 g/mol. The van der Waals surface area contributed by atoms with Crippen LogP contribution in [0, 0.1) is 0 Å². The molecule has 1 heterocycles. The highest BCUT2D eigenvalue weighted by Gasteiger charge is 2.31. The number of rotatable bonds is 8. The number of hydrogen-bond donors (Lipinski definition) is 1. The number of nitrogens with one attached hydrogen (secondary N) is 1. The highest BCUT2D eigenvalue weighted by Crippen LogP contribution is 2.17. The summed E-state index contributed by atoms with van der Waals surface area (Å²) < 4.78 is 26.0. The third-order valence-corrected chi connectivity index (χ3v) is 5.55. The second kappa shape index (κ2) is 7.57. The van der Waals surface area contributed by atoms with Gasteiger partial charge >= 0.3 is 0 Å². The van der Waals surface area contributed by atoms with E-state index in [9.17, 15) is 8.42 Å². The molecule has 1 atom stereocenters. The van der Waals surface area contributed by atoms with Crippen molar-refractivity contribution >= 4 is 10.0 Å². The number of nitrogens with zero attached hydrogens (tertiary/aromatic N) is 2. The van der Waals surface area contributed by atoms with Crippen molar-refractivity contribution in [3.63, 3.8) is 0 Å². The van der Waals surface area contributed by atoms with Gasteiger partial charge in [-0.2, -0.15) is 0 Å². The smallest absolute Gasteiger partial charge is 0.214 e. The number of hydrogen-bond acceptors (Lipinski definition) is 4. The van der Waals surface area contributed by atoms with Crippen LogP contribution in [0.15, 0.2) is 0 Å². The summed E-state index contributed by atoms with van der Waals surface area (Å²) in [6, 6.07) is 0.841. The first-order valence-electron chi connectivity index (χ1n) is 7.20. The molecule has 1 aliphatic heterocycles. The molecule has 1 saturated heterocycles. The van der Waals surface area contributed by atoms with Gasteiger partial charge in [-0.3, -0.25) is 0 Å². The minimum atomic E-state index is -3.05. The number of sulfonamides is 1. The monoisotopic (exact) mass is 291 g/mol. The summed E-state index contributed by atoms with van der Waals surface area (Å²) in [4.78, 5) is 2.11. The largest absolute Gasteiger partial charge is 0.315 e. The molecular weight excluding hydrogens is 262 g/mol. The third-order valence-electron chi connectivity index (χ3n) is 3.63. The van der Waals surface area contributed by atoms with Gasteiger partial charge < -0.3 is 10.2 Å². The van der Waals surface area contributed by atoms with Gasteiger partial charge in [-0.25, -0.2) is 12.7 Å². The van der Waals surface area contributed by atoms with Crippen molar-refractivity contribution in [3.8, 4) is 0 Å². The zero-order valence-corrected chi connectivity index (χ0v) is 13.5. The van der Waals surface area contributed by atoms with Crippen molar-refractivity contribution < 1.29 is 8.42 Å². The first kappa shape index (κ1) is 16.9. The molecule has 0 radical (unpaired) electrons. The summed E-state index contributed by atoms with van der Waals surface area (Å²) in [7, 11) is 0.976. The van der Waals surface area contributed by atoms with Gasteiger partial charge in [0.05, 0.1) is 5.75 Å². The SMILES string of the molecule is CC(C)NCCCCS(=O)(=O)N1CCC(N(C)C)C1. The van der Waals surface area contributed by atoms with Crippen molar-refractivity contribution in [2.45, 2.75) is 45.2 Å². The number of unbranched alkanes of at least 4 members (excludes halogenated alkanes) is 1. The lowest BCUT2D eigenvalue weighted by molar-refractivity contribution is 0.302. The van der Waals surface area contributed by atoms with E-state index in [2.05, 4.69) is 24.1 Å². The predicted molar refractivity (Wildman–Crippen MR) is 79.8 cm³/mol. The van der Waals surface area contributed by atoms with Crippen LogP contribution in [0.5, 0.6) is 0 Å². The van der Waals surface area contributed by atoms with Crippen molar-refractivity contribution in [1.29, 1.82) is 0 Å². The molecule has 1 unspecified atom stereocenters. The Morgan fingerprint density at radius 3 is 2.53 bits per heavy atom. The van der Waals surface area contributed by atoms with Crippen molar-refractivity contribution in [2.24, 2.45) is 0 Å². The normalized spacial score (nSPS) is 21.7. The van der Waals surface area contributed by atoms with Crippen molar-refractivity contribution in [1.82, 2.24) is 14.5 Å². The Kier molecular flexibility index (Phi) is 6.73. The van der Waals surface area contributed by atoms with E-state index in [-0.39, 0.29) is 5.75 Å². The molecule has 0 saturated carbocycles. The van der Waals surface area contributed by atoms with Crippen LogP contribution in [0.25, 0.3) is 0 Å². The molecule has 0 spiro atoms. The van der Waals surface area contributed by atoms with E-state index < -0.39 is 10.0 Å². The van der Waals surface area contributed by atoms with E-state index in [1.165, 1.54) is 0 Å². The Labute approximate surface area is 118 Å². The van der Waals surface area contributed by atoms with Crippen LogP contribution in [0.2, 0.25) is 0 Å². The van der Waals surface area contributed by atoms with Gasteiger partial charge in [0.25, 0.3) is 0 Å². The molecule has 0 amide bonds. The Morgan fingerprint density at radius 2 is 2.00 bits per heavy atom. The molecule has 0 aromatic carbocycles. The molecular formula is C13H29N3O2S. The van der Waals surface area contributed by atoms with Crippen molar-refractivity contribution in [3.05, 3.63) is 0 Å². The van der Waals surface area contributed by atoms with E-state index in [4.69, 9.17) is 0 Å². The highest BCUT2D eigenvalue weighted by molar-refractivity contribution is 7.89. The molecule has 1 aliphatic rings. The van der Waals surface area contributed by atoms with E-state index in [0.29, 0.717) is 25.2 Å². The van der Waals surface area contributed by atoms with Crippen LogP contribution in [0.4, 0.5) is 0 Å². The Morgan fingerprint density at radius 1 is 1.32 bits per heavy atom. The van der Waals surface area contributed by atoms with Gasteiger partial charge in [-0.05, 0) is 39.9 Å². The van der Waals surface area contributed by atoms with Gasteiger partial charge in [0, 0.05) is 25.2 Å². The molecule has 0 aromatic rings. The molecule has 1 N–H and O–H groups in total. The van der Waals surface area contributed by atoms with Crippen LogP contribution in [0.3, 0.4) is 0 Å². The fourth-order valence-electron chi connectivity index (χ4n) is 2.31. The van der Waals surface area contributed by atoms with E-state index in [1.807, 2.05) is 14.1 Å². The second-order valence-corrected chi connectivity index (χ2v) is 7.98. The predicted octanol–water partition coefficient (Wildman–Crippen LogP) is 0.730. The molecule has 19 heavy (non-hydrogen) atoms. The summed E-state index contributed by atoms with van der Waals surface area (Å²) in [6.07, 6.45) is 2.61. The van der Waals surface area contributed by atoms with Crippen LogP contribution in [-0.4, -0.2) is 69.2 Å². The summed E-state index contributed by atoms with van der Waals surface area (Å²) in [6.45, 7) is 6.42. The zero-order chi connectivity index (χ0) is 14.5. The fraction of sp³-hybridized carbons (Fsp3) is 1.00. The molecule has 5 nitrogen and oxygen atoms in total. The topological polar surface area (TPSA) is 52.7 Å². The minimum absolute atomic E-state index is 0.285. The van der Waals surface area contributed by atoms with Gasteiger partial charge in [0.1, 0.15) is 0 Å². The van der Waals surface area contributed by atoms with Crippen molar-refractivity contribution in [2.75, 3.05) is 39.5 Å². The molecule has 6 heteroatoms. The van der Waals surface area contributed by atoms with Gasteiger partial charge in [0.15, 0.2) is 0 Å². The minimum Gasteiger partial charge on any atom is -0.315 e. The Hall–Kier alpha value is -0.170.